The van der Waals surface area contributed by atoms with Crippen LogP contribution < -0.4 is 0 Å². The monoisotopic (exact) mass is 1200 g/mol. The van der Waals surface area contributed by atoms with Crippen LogP contribution in [0.1, 0.15) is 22.3 Å². The lowest BCUT2D eigenvalue weighted by atomic mass is 9.95. The number of hydrogen-bond donors (Lipinski definition) is 0. The molecule has 0 saturated heterocycles. The van der Waals surface area contributed by atoms with Gasteiger partial charge in [0.05, 0.1) is 22.8 Å². The Hall–Kier alpha value is -12.7. The van der Waals surface area contributed by atoms with Gasteiger partial charge in [0.2, 0.25) is 0 Å². The highest BCUT2D eigenvalue weighted by molar-refractivity contribution is 6.08. The second kappa shape index (κ2) is 22.7. The van der Waals surface area contributed by atoms with Gasteiger partial charge in [0.1, 0.15) is 46.2 Å². The molecule has 17 aromatic rings. The van der Waals surface area contributed by atoms with Gasteiger partial charge >= 0.3 is 0 Å². The molecule has 19 rings (SSSR count). The third-order valence-corrected chi connectivity index (χ3v) is 18.1. The quantitative estimate of drug-likeness (QED) is 0.138. The van der Waals surface area contributed by atoms with Crippen molar-refractivity contribution in [3.63, 3.8) is 0 Å². The lowest BCUT2D eigenvalue weighted by Crippen LogP contribution is -1.94. The SMILES string of the molecule is c1ccc(-c2nc(-c3ccc(-c4ccc(-c5ncnc6c5Cc5ccccc5-6)cc4)cc3)c3oc4ccccc4c3n2)cc1.c1ccc(-c2nc(-c3cccc(-c4cccc(-c5cccc(-c6ncnc7c6Cc6ccccc6-7)c5)c4)c3)c3oc4ccccc4c3n2)cc1. The lowest BCUT2D eigenvalue weighted by Gasteiger charge is -2.11. The molecule has 0 spiro atoms. The number of nitrogens with zero attached hydrogens (tertiary/aromatic N) is 8. The van der Waals surface area contributed by atoms with Gasteiger partial charge in [0, 0.05) is 79.2 Å². The molecule has 2 aliphatic rings. The largest absolute Gasteiger partial charge is 0.452 e. The Morgan fingerprint density at radius 3 is 1.06 bits per heavy atom. The van der Waals surface area contributed by atoms with E-state index in [0.29, 0.717) is 22.8 Å². The van der Waals surface area contributed by atoms with Gasteiger partial charge in [-0.15, -0.1) is 0 Å². The van der Waals surface area contributed by atoms with Crippen LogP contribution in [-0.4, -0.2) is 39.9 Å². The molecule has 6 heterocycles. The summed E-state index contributed by atoms with van der Waals surface area (Å²) >= 11 is 0. The summed E-state index contributed by atoms with van der Waals surface area (Å²) in [5.74, 6) is 1.35. The Balaban J connectivity index is 0.000000139. The normalized spacial score (nSPS) is 12.0. The minimum Gasteiger partial charge on any atom is -0.452 e. The molecular formula is C84H52N8O2. The first kappa shape index (κ1) is 54.3. The maximum absolute atomic E-state index is 6.41. The van der Waals surface area contributed by atoms with Gasteiger partial charge in [-0.25, -0.2) is 39.9 Å². The van der Waals surface area contributed by atoms with E-state index in [1.165, 1.54) is 33.4 Å². The van der Waals surface area contributed by atoms with Crippen molar-refractivity contribution in [1.29, 1.82) is 0 Å². The molecule has 2 aliphatic carbocycles. The average molecular weight is 1210 g/mol. The molecule has 0 amide bonds. The summed E-state index contributed by atoms with van der Waals surface area (Å²) in [6, 6.07) is 96.3. The van der Waals surface area contributed by atoms with Crippen LogP contribution in [0.15, 0.2) is 301 Å². The first-order chi connectivity index (χ1) is 46.6. The van der Waals surface area contributed by atoms with Crippen LogP contribution in [0.4, 0.5) is 0 Å². The molecule has 0 aliphatic heterocycles. The van der Waals surface area contributed by atoms with Crippen molar-refractivity contribution < 1.29 is 8.83 Å². The number of hydrogen-bond acceptors (Lipinski definition) is 10. The zero-order valence-corrected chi connectivity index (χ0v) is 50.5. The standard InChI is InChI=1S/C45H28N4O.C39H24N4O/c1-2-11-28(12-3-1)45-48-41(44-43(49-45)37-21-6-7-22-39(37)50-44)35-19-10-17-32(25-35)30-15-8-14-29(23-30)31-16-9-18-34(24-31)40-38-26-33-13-4-5-20-36(33)42(38)47-27-46-40;1-2-8-28(9-3-1)39-42-35(38-37(43-39)31-12-6-7-13-33(31)44-38)27-20-16-25(17-21-27)24-14-18-26(19-15-24)34-32-22-29-10-4-5-11-30(29)36(32)41-23-40-34/h1-25,27H,26H2;1-21,23H,22H2. The molecule has 94 heavy (non-hydrogen) atoms. The van der Waals surface area contributed by atoms with Gasteiger partial charge in [0.25, 0.3) is 0 Å². The fraction of sp³-hybridized carbons (Fsp3) is 0.0238. The van der Waals surface area contributed by atoms with Crippen LogP contribution >= 0.6 is 0 Å². The van der Waals surface area contributed by atoms with E-state index in [0.717, 1.165) is 147 Å². The van der Waals surface area contributed by atoms with Crippen LogP contribution in [0.2, 0.25) is 0 Å². The van der Waals surface area contributed by atoms with Crippen LogP contribution in [0.3, 0.4) is 0 Å². The van der Waals surface area contributed by atoms with Crippen LogP contribution in [0.25, 0.3) is 168 Å². The first-order valence-corrected chi connectivity index (χ1v) is 31.4. The second-order valence-electron chi connectivity index (χ2n) is 23.7. The van der Waals surface area contributed by atoms with Gasteiger partial charge in [-0.2, -0.15) is 0 Å². The van der Waals surface area contributed by atoms with E-state index >= 15 is 0 Å². The van der Waals surface area contributed by atoms with E-state index in [1.807, 2.05) is 103 Å². The third kappa shape index (κ3) is 9.59. The van der Waals surface area contributed by atoms with E-state index in [1.54, 1.807) is 12.7 Å². The molecular weight excluding hydrogens is 1150 g/mol. The molecule has 0 N–H and O–H groups in total. The predicted octanol–water partition coefficient (Wildman–Crippen LogP) is 20.5. The zero-order chi connectivity index (χ0) is 62.1. The van der Waals surface area contributed by atoms with Gasteiger partial charge in [-0.3, -0.25) is 0 Å². The summed E-state index contributed by atoms with van der Waals surface area (Å²) in [6.07, 6.45) is 5.07. The van der Waals surface area contributed by atoms with Crippen molar-refractivity contribution in [2.75, 3.05) is 0 Å². The molecule has 0 saturated carbocycles. The maximum atomic E-state index is 6.41. The summed E-state index contributed by atoms with van der Waals surface area (Å²) < 4.78 is 12.7. The van der Waals surface area contributed by atoms with E-state index in [4.69, 9.17) is 33.8 Å². The summed E-state index contributed by atoms with van der Waals surface area (Å²) in [4.78, 5) is 38.8. The highest BCUT2D eigenvalue weighted by Crippen LogP contribution is 2.44. The first-order valence-electron chi connectivity index (χ1n) is 31.4. The minimum absolute atomic E-state index is 0.671. The topological polar surface area (TPSA) is 129 Å². The summed E-state index contributed by atoms with van der Waals surface area (Å²) in [6.45, 7) is 0. The average Bonchev–Trinajstić information content (AvgIpc) is 1.60. The Labute approximate surface area is 540 Å². The van der Waals surface area contributed by atoms with E-state index in [2.05, 4.69) is 191 Å². The number of aromatic nitrogens is 8. The fourth-order valence-electron chi connectivity index (χ4n) is 13.5. The number of para-hydroxylation sites is 2. The van der Waals surface area contributed by atoms with Crippen molar-refractivity contribution in [2.45, 2.75) is 12.8 Å². The van der Waals surface area contributed by atoms with E-state index < -0.39 is 0 Å². The van der Waals surface area contributed by atoms with Crippen molar-refractivity contribution in [2.24, 2.45) is 0 Å². The molecule has 440 valence electrons. The number of fused-ring (bicyclic) bond motifs is 12. The van der Waals surface area contributed by atoms with E-state index in [9.17, 15) is 0 Å². The second-order valence-corrected chi connectivity index (χ2v) is 23.7. The zero-order valence-electron chi connectivity index (χ0n) is 50.5. The van der Waals surface area contributed by atoms with Crippen LogP contribution in [0.5, 0.6) is 0 Å². The number of benzene rings is 11. The Bertz CT molecular complexity index is 5810. The third-order valence-electron chi connectivity index (χ3n) is 18.1. The van der Waals surface area contributed by atoms with Crippen molar-refractivity contribution in [3.8, 4) is 124 Å². The molecule has 0 atom stereocenters. The molecule has 0 bridgehead atoms. The summed E-state index contributed by atoms with van der Waals surface area (Å²) in [5.41, 5.74) is 30.5. The molecule has 11 aromatic carbocycles. The highest BCUT2D eigenvalue weighted by atomic mass is 16.3. The van der Waals surface area contributed by atoms with Gasteiger partial charge < -0.3 is 8.83 Å². The van der Waals surface area contributed by atoms with Gasteiger partial charge in [0.15, 0.2) is 22.8 Å². The van der Waals surface area contributed by atoms with Crippen molar-refractivity contribution in [1.82, 2.24) is 39.9 Å². The molecule has 0 fully saturated rings. The molecule has 0 radical (unpaired) electrons. The minimum atomic E-state index is 0.671. The van der Waals surface area contributed by atoms with Crippen LogP contribution in [-0.2, 0) is 12.8 Å². The van der Waals surface area contributed by atoms with Crippen molar-refractivity contribution in [3.05, 3.63) is 314 Å². The summed E-state index contributed by atoms with van der Waals surface area (Å²) in [7, 11) is 0. The molecule has 6 aromatic heterocycles. The number of rotatable bonds is 9. The lowest BCUT2D eigenvalue weighted by molar-refractivity contribution is 0.667. The highest BCUT2D eigenvalue weighted by Gasteiger charge is 2.26. The van der Waals surface area contributed by atoms with Gasteiger partial charge in [-0.1, -0.05) is 237 Å². The molecule has 0 unspecified atom stereocenters. The summed E-state index contributed by atoms with van der Waals surface area (Å²) in [5, 5.41) is 1.96. The Kier molecular flexibility index (Phi) is 13.1. The Morgan fingerprint density at radius 2 is 0.585 bits per heavy atom. The molecule has 10 heteroatoms. The Morgan fingerprint density at radius 1 is 0.245 bits per heavy atom. The maximum Gasteiger partial charge on any atom is 0.180 e. The molecule has 10 nitrogen and oxygen atoms in total. The van der Waals surface area contributed by atoms with Crippen molar-refractivity contribution >= 4 is 44.1 Å². The van der Waals surface area contributed by atoms with E-state index in [-0.39, 0.29) is 0 Å². The smallest absolute Gasteiger partial charge is 0.180 e. The number of furan rings is 2. The fourth-order valence-corrected chi connectivity index (χ4v) is 13.5. The van der Waals surface area contributed by atoms with Gasteiger partial charge in [-0.05, 0) is 87.0 Å². The predicted molar refractivity (Wildman–Crippen MR) is 375 cm³/mol. The van der Waals surface area contributed by atoms with Crippen LogP contribution in [0, 0.1) is 0 Å².